The Morgan fingerprint density at radius 2 is 2.20 bits per heavy atom. The number of hydrogen-bond acceptors (Lipinski definition) is 2. The van der Waals surface area contributed by atoms with Crippen LogP contribution in [0.4, 0.5) is 0 Å². The van der Waals surface area contributed by atoms with E-state index in [0.29, 0.717) is 6.04 Å². The Hall–Kier alpha value is -0.0800. The molecule has 2 nitrogen and oxygen atoms in total. The molecular weight excluding hydrogens is 126 g/mol. The van der Waals surface area contributed by atoms with E-state index in [-0.39, 0.29) is 6.61 Å². The highest BCUT2D eigenvalue weighted by Gasteiger charge is 2.24. The maximum Gasteiger partial charge on any atom is 0.0584 e. The maximum atomic E-state index is 8.80. The van der Waals surface area contributed by atoms with E-state index >= 15 is 0 Å². The predicted octanol–water partition coefficient (Wildman–Crippen LogP) is 0.709. The molecule has 0 saturated heterocycles. The summed E-state index contributed by atoms with van der Waals surface area (Å²) in [7, 11) is 2.08. The highest BCUT2D eigenvalue weighted by Crippen LogP contribution is 2.29. The fraction of sp³-hybridized carbons (Fsp3) is 1.00. The van der Waals surface area contributed by atoms with Gasteiger partial charge in [0, 0.05) is 12.6 Å². The lowest BCUT2D eigenvalue weighted by Gasteiger charge is -2.22. The first-order valence-electron chi connectivity index (χ1n) is 4.05. The van der Waals surface area contributed by atoms with E-state index in [2.05, 4.69) is 18.9 Å². The molecule has 10 heavy (non-hydrogen) atoms. The number of aliphatic hydroxyl groups excluding tert-OH is 1. The minimum absolute atomic E-state index is 0.281. The quantitative estimate of drug-likeness (QED) is 0.626. The van der Waals surface area contributed by atoms with Crippen LogP contribution < -0.4 is 0 Å². The van der Waals surface area contributed by atoms with E-state index in [9.17, 15) is 0 Å². The van der Waals surface area contributed by atoms with Crippen molar-refractivity contribution < 1.29 is 5.11 Å². The van der Waals surface area contributed by atoms with Gasteiger partial charge in [0.1, 0.15) is 0 Å². The van der Waals surface area contributed by atoms with E-state index in [1.54, 1.807) is 0 Å². The normalized spacial score (nSPS) is 21.6. The molecule has 1 unspecified atom stereocenters. The summed E-state index contributed by atoms with van der Waals surface area (Å²) in [5.41, 5.74) is 0. The summed E-state index contributed by atoms with van der Waals surface area (Å²) >= 11 is 0. The molecule has 1 aliphatic carbocycles. The topological polar surface area (TPSA) is 23.5 Å². The summed E-state index contributed by atoms with van der Waals surface area (Å²) in [4.78, 5) is 2.23. The molecule has 60 valence electrons. The average molecular weight is 143 g/mol. The monoisotopic (exact) mass is 143 g/mol. The molecule has 1 atom stereocenters. The van der Waals surface area contributed by atoms with Crippen molar-refractivity contribution in [2.45, 2.75) is 25.8 Å². The molecule has 0 spiro atoms. The third-order valence-corrected chi connectivity index (χ3v) is 2.26. The number of hydrogen-bond donors (Lipinski definition) is 1. The highest BCUT2D eigenvalue weighted by molar-refractivity contribution is 4.77. The van der Waals surface area contributed by atoms with Gasteiger partial charge in [-0.2, -0.15) is 0 Å². The predicted molar refractivity (Wildman–Crippen MR) is 41.9 cm³/mol. The van der Waals surface area contributed by atoms with E-state index in [1.165, 1.54) is 19.4 Å². The van der Waals surface area contributed by atoms with Gasteiger partial charge in [-0.15, -0.1) is 0 Å². The molecule has 0 aliphatic heterocycles. The van der Waals surface area contributed by atoms with Gasteiger partial charge in [-0.1, -0.05) is 0 Å². The zero-order valence-corrected chi connectivity index (χ0v) is 6.88. The average Bonchev–Trinajstić information content (AvgIpc) is 2.70. The SMILES string of the molecule is CC(CO)N(C)CC1CC1. The Morgan fingerprint density at radius 3 is 2.60 bits per heavy atom. The first-order chi connectivity index (χ1) is 4.74. The third-order valence-electron chi connectivity index (χ3n) is 2.26. The van der Waals surface area contributed by atoms with Gasteiger partial charge in [0.05, 0.1) is 6.61 Å². The largest absolute Gasteiger partial charge is 0.395 e. The molecule has 2 heteroatoms. The number of aliphatic hydroxyl groups is 1. The zero-order valence-electron chi connectivity index (χ0n) is 6.88. The van der Waals surface area contributed by atoms with Gasteiger partial charge < -0.3 is 10.0 Å². The summed E-state index contributed by atoms with van der Waals surface area (Å²) < 4.78 is 0. The molecule has 1 saturated carbocycles. The zero-order chi connectivity index (χ0) is 7.56. The van der Waals surface area contributed by atoms with Gasteiger partial charge in [-0.05, 0) is 32.7 Å². The van der Waals surface area contributed by atoms with Crippen LogP contribution in [0.15, 0.2) is 0 Å². The molecule has 0 heterocycles. The van der Waals surface area contributed by atoms with Crippen molar-refractivity contribution in [2.24, 2.45) is 5.92 Å². The summed E-state index contributed by atoms with van der Waals surface area (Å²) in [6.45, 7) is 3.51. The Balaban J connectivity index is 2.11. The lowest BCUT2D eigenvalue weighted by atomic mass is 10.3. The molecule has 1 fully saturated rings. The minimum Gasteiger partial charge on any atom is -0.395 e. The molecule has 1 N–H and O–H groups in total. The van der Waals surface area contributed by atoms with Gasteiger partial charge in [-0.3, -0.25) is 0 Å². The number of rotatable bonds is 4. The molecule has 0 amide bonds. The van der Waals surface area contributed by atoms with Crippen molar-refractivity contribution in [3.8, 4) is 0 Å². The summed E-state index contributed by atoms with van der Waals surface area (Å²) in [5.74, 6) is 0.930. The molecule has 1 aliphatic rings. The third kappa shape index (κ3) is 2.27. The molecular formula is C8H17NO. The summed E-state index contributed by atoms with van der Waals surface area (Å²) in [5, 5.41) is 8.80. The van der Waals surface area contributed by atoms with Crippen LogP contribution in [0.3, 0.4) is 0 Å². The van der Waals surface area contributed by atoms with Crippen LogP contribution >= 0.6 is 0 Å². The van der Waals surface area contributed by atoms with Crippen LogP contribution in [-0.4, -0.2) is 36.2 Å². The van der Waals surface area contributed by atoms with Crippen molar-refractivity contribution in [1.82, 2.24) is 4.90 Å². The van der Waals surface area contributed by atoms with Crippen molar-refractivity contribution in [2.75, 3.05) is 20.2 Å². The molecule has 0 aromatic carbocycles. The standard InChI is InChI=1S/C8H17NO/c1-7(6-10)9(2)5-8-3-4-8/h7-8,10H,3-6H2,1-2H3. The lowest BCUT2D eigenvalue weighted by Crippen LogP contribution is -2.33. The molecule has 1 rings (SSSR count). The number of nitrogens with zero attached hydrogens (tertiary/aromatic N) is 1. The van der Waals surface area contributed by atoms with Crippen LogP contribution in [-0.2, 0) is 0 Å². The highest BCUT2D eigenvalue weighted by atomic mass is 16.3. The van der Waals surface area contributed by atoms with E-state index in [1.807, 2.05) is 0 Å². The first kappa shape index (κ1) is 8.02. The van der Waals surface area contributed by atoms with Crippen molar-refractivity contribution >= 4 is 0 Å². The van der Waals surface area contributed by atoms with Crippen molar-refractivity contribution in [3.63, 3.8) is 0 Å². The summed E-state index contributed by atoms with van der Waals surface area (Å²) in [6, 6.07) is 0.334. The lowest BCUT2D eigenvalue weighted by molar-refractivity contribution is 0.155. The Kier molecular flexibility index (Phi) is 2.69. The molecule has 0 aromatic rings. The van der Waals surface area contributed by atoms with E-state index in [4.69, 9.17) is 5.11 Å². The fourth-order valence-electron chi connectivity index (χ4n) is 1.03. The van der Waals surface area contributed by atoms with Crippen LogP contribution in [0.1, 0.15) is 19.8 Å². The smallest absolute Gasteiger partial charge is 0.0584 e. The van der Waals surface area contributed by atoms with Crippen molar-refractivity contribution in [1.29, 1.82) is 0 Å². The minimum atomic E-state index is 0.281. The van der Waals surface area contributed by atoms with Gasteiger partial charge in [0.25, 0.3) is 0 Å². The van der Waals surface area contributed by atoms with Gasteiger partial charge in [0.2, 0.25) is 0 Å². The van der Waals surface area contributed by atoms with Crippen LogP contribution in [0.5, 0.6) is 0 Å². The molecule has 0 radical (unpaired) electrons. The van der Waals surface area contributed by atoms with Gasteiger partial charge >= 0.3 is 0 Å². The van der Waals surface area contributed by atoms with Crippen LogP contribution in [0.2, 0.25) is 0 Å². The second-order valence-electron chi connectivity index (χ2n) is 3.41. The Labute approximate surface area is 62.8 Å². The van der Waals surface area contributed by atoms with Crippen LogP contribution in [0, 0.1) is 5.92 Å². The number of likely N-dealkylation sites (N-methyl/N-ethyl adjacent to an activating group) is 1. The van der Waals surface area contributed by atoms with Gasteiger partial charge in [-0.25, -0.2) is 0 Å². The second kappa shape index (κ2) is 3.35. The van der Waals surface area contributed by atoms with Crippen molar-refractivity contribution in [3.05, 3.63) is 0 Å². The first-order valence-corrected chi connectivity index (χ1v) is 4.05. The Bertz CT molecular complexity index is 101. The second-order valence-corrected chi connectivity index (χ2v) is 3.41. The van der Waals surface area contributed by atoms with E-state index < -0.39 is 0 Å². The van der Waals surface area contributed by atoms with E-state index in [0.717, 1.165) is 5.92 Å². The molecule has 0 aromatic heterocycles. The molecule has 0 bridgehead atoms. The Morgan fingerprint density at radius 1 is 1.60 bits per heavy atom. The summed E-state index contributed by atoms with van der Waals surface area (Å²) in [6.07, 6.45) is 2.78. The maximum absolute atomic E-state index is 8.80. The van der Waals surface area contributed by atoms with Crippen LogP contribution in [0.25, 0.3) is 0 Å². The van der Waals surface area contributed by atoms with Gasteiger partial charge in [0.15, 0.2) is 0 Å². The fourth-order valence-corrected chi connectivity index (χ4v) is 1.03.